The van der Waals surface area contributed by atoms with E-state index in [2.05, 4.69) is 64.7 Å². The second-order valence-electron chi connectivity index (χ2n) is 4.65. The van der Waals surface area contributed by atoms with Gasteiger partial charge in [-0.1, -0.05) is 19.1 Å². The molecule has 0 aliphatic heterocycles. The lowest BCUT2D eigenvalue weighted by Gasteiger charge is -2.15. The van der Waals surface area contributed by atoms with Crippen molar-refractivity contribution in [2.75, 3.05) is 13.2 Å². The second-order valence-corrected chi connectivity index (χ2v) is 6.53. The third-order valence-corrected chi connectivity index (χ3v) is 4.71. The van der Waals surface area contributed by atoms with Crippen LogP contribution in [0.15, 0.2) is 40.2 Å². The summed E-state index contributed by atoms with van der Waals surface area (Å²) < 4.78 is 6.86. The fourth-order valence-electron chi connectivity index (χ4n) is 2.04. The first-order chi connectivity index (χ1) is 9.70. The molecular formula is C16H20BrNOS. The highest BCUT2D eigenvalue weighted by molar-refractivity contribution is 9.10. The number of nitrogens with one attached hydrogen (secondary N) is 1. The molecule has 2 rings (SSSR count). The van der Waals surface area contributed by atoms with Crippen molar-refractivity contribution in [3.63, 3.8) is 0 Å². The summed E-state index contributed by atoms with van der Waals surface area (Å²) in [4.78, 5) is 1.36. The number of hydrogen-bond acceptors (Lipinski definition) is 3. The topological polar surface area (TPSA) is 21.3 Å². The lowest BCUT2D eigenvalue weighted by atomic mass is 10.1. The summed E-state index contributed by atoms with van der Waals surface area (Å²) in [5, 5.41) is 5.51. The van der Waals surface area contributed by atoms with Crippen molar-refractivity contribution in [2.45, 2.75) is 26.3 Å². The van der Waals surface area contributed by atoms with Crippen LogP contribution in [-0.4, -0.2) is 13.2 Å². The van der Waals surface area contributed by atoms with E-state index in [0.717, 1.165) is 23.2 Å². The minimum absolute atomic E-state index is 0.358. The van der Waals surface area contributed by atoms with Gasteiger partial charge in [0.1, 0.15) is 5.75 Å². The third kappa shape index (κ3) is 4.33. The molecule has 1 N–H and O–H groups in total. The first-order valence-corrected chi connectivity index (χ1v) is 8.56. The number of benzene rings is 1. The van der Waals surface area contributed by atoms with Crippen molar-refractivity contribution in [1.29, 1.82) is 0 Å². The first-order valence-electron chi connectivity index (χ1n) is 6.88. The predicted octanol–water partition coefficient (Wildman–Crippen LogP) is 4.80. The van der Waals surface area contributed by atoms with E-state index in [1.165, 1.54) is 10.4 Å². The Hall–Kier alpha value is -0.840. The fourth-order valence-corrected chi connectivity index (χ4v) is 3.25. The molecule has 0 aliphatic rings. The number of ether oxygens (including phenoxy) is 1. The van der Waals surface area contributed by atoms with Gasteiger partial charge in [0.25, 0.3) is 0 Å². The zero-order valence-electron chi connectivity index (χ0n) is 11.9. The van der Waals surface area contributed by atoms with Crippen molar-refractivity contribution in [3.8, 4) is 5.75 Å². The third-order valence-electron chi connectivity index (χ3n) is 3.15. The number of thiophene rings is 1. The van der Waals surface area contributed by atoms with Gasteiger partial charge in [0.2, 0.25) is 0 Å². The second kappa shape index (κ2) is 7.81. The summed E-state index contributed by atoms with van der Waals surface area (Å²) in [5.41, 5.74) is 1.27. The zero-order valence-corrected chi connectivity index (χ0v) is 14.3. The lowest BCUT2D eigenvalue weighted by Crippen LogP contribution is -2.17. The summed E-state index contributed by atoms with van der Waals surface area (Å²) in [6.07, 6.45) is 0.958. The summed E-state index contributed by atoms with van der Waals surface area (Å²) >= 11 is 5.37. The summed E-state index contributed by atoms with van der Waals surface area (Å²) in [5.74, 6) is 0.911. The minimum Gasteiger partial charge on any atom is -0.492 e. The Morgan fingerprint density at radius 2 is 2.20 bits per heavy atom. The molecule has 0 bridgehead atoms. The first kappa shape index (κ1) is 15.5. The van der Waals surface area contributed by atoms with Crippen LogP contribution in [0.3, 0.4) is 0 Å². The Morgan fingerprint density at radius 3 is 2.85 bits per heavy atom. The molecule has 1 unspecified atom stereocenters. The molecule has 1 heterocycles. The van der Waals surface area contributed by atoms with Gasteiger partial charge in [0.05, 0.1) is 11.1 Å². The molecule has 1 aromatic heterocycles. The maximum absolute atomic E-state index is 5.84. The monoisotopic (exact) mass is 353 g/mol. The fraction of sp³-hybridized carbons (Fsp3) is 0.375. The SMILES string of the molecule is CCNC(C)c1ccc(OCCc2cccs2)c(Br)c1. The Balaban J connectivity index is 1.92. The van der Waals surface area contributed by atoms with E-state index in [4.69, 9.17) is 4.74 Å². The molecule has 0 amide bonds. The van der Waals surface area contributed by atoms with Crippen LogP contribution in [-0.2, 0) is 6.42 Å². The van der Waals surface area contributed by atoms with Gasteiger partial charge in [-0.25, -0.2) is 0 Å². The zero-order chi connectivity index (χ0) is 14.4. The molecule has 0 saturated heterocycles. The number of halogens is 1. The lowest BCUT2D eigenvalue weighted by molar-refractivity contribution is 0.321. The standard InChI is InChI=1S/C16H20BrNOS/c1-3-18-12(2)13-6-7-16(15(17)11-13)19-9-8-14-5-4-10-20-14/h4-7,10-12,18H,3,8-9H2,1-2H3. The van der Waals surface area contributed by atoms with Crippen LogP contribution < -0.4 is 10.1 Å². The van der Waals surface area contributed by atoms with Gasteiger partial charge in [-0.3, -0.25) is 0 Å². The Labute approximate surface area is 133 Å². The average molecular weight is 354 g/mol. The van der Waals surface area contributed by atoms with Crippen molar-refractivity contribution in [3.05, 3.63) is 50.6 Å². The molecule has 1 atom stereocenters. The summed E-state index contributed by atoms with van der Waals surface area (Å²) in [7, 11) is 0. The van der Waals surface area contributed by atoms with Crippen molar-refractivity contribution in [1.82, 2.24) is 5.32 Å². The van der Waals surface area contributed by atoms with E-state index in [9.17, 15) is 0 Å². The van der Waals surface area contributed by atoms with Crippen LogP contribution in [0.2, 0.25) is 0 Å². The van der Waals surface area contributed by atoms with Crippen molar-refractivity contribution in [2.24, 2.45) is 0 Å². The quantitative estimate of drug-likeness (QED) is 0.771. The van der Waals surface area contributed by atoms with Crippen LogP contribution in [0.5, 0.6) is 5.75 Å². The van der Waals surface area contributed by atoms with E-state index >= 15 is 0 Å². The van der Waals surface area contributed by atoms with Crippen molar-refractivity contribution >= 4 is 27.3 Å². The Kier molecular flexibility index (Phi) is 6.07. The van der Waals surface area contributed by atoms with E-state index < -0.39 is 0 Å². The molecule has 0 fully saturated rings. The number of rotatable bonds is 7. The predicted molar refractivity (Wildman–Crippen MR) is 89.8 cm³/mol. The largest absolute Gasteiger partial charge is 0.492 e. The molecular weight excluding hydrogens is 334 g/mol. The molecule has 4 heteroatoms. The van der Waals surface area contributed by atoms with Crippen LogP contribution in [0.25, 0.3) is 0 Å². The van der Waals surface area contributed by atoms with Gasteiger partial charge in [-0.05, 0) is 58.5 Å². The Bertz CT molecular complexity index is 527. The molecule has 0 aliphatic carbocycles. The molecule has 0 saturated carbocycles. The van der Waals surface area contributed by atoms with Crippen molar-refractivity contribution < 1.29 is 4.74 Å². The van der Waals surface area contributed by atoms with E-state index in [0.29, 0.717) is 12.6 Å². The molecule has 1 aromatic carbocycles. The van der Waals surface area contributed by atoms with E-state index in [1.54, 1.807) is 11.3 Å². The van der Waals surface area contributed by atoms with Crippen LogP contribution in [0.1, 0.15) is 30.3 Å². The highest BCUT2D eigenvalue weighted by Crippen LogP contribution is 2.28. The molecule has 0 spiro atoms. The van der Waals surface area contributed by atoms with Crippen LogP contribution in [0.4, 0.5) is 0 Å². The van der Waals surface area contributed by atoms with Gasteiger partial charge < -0.3 is 10.1 Å². The molecule has 2 aromatic rings. The summed E-state index contributed by atoms with van der Waals surface area (Å²) in [6.45, 7) is 5.97. The molecule has 0 radical (unpaired) electrons. The maximum Gasteiger partial charge on any atom is 0.133 e. The van der Waals surface area contributed by atoms with Crippen LogP contribution in [0, 0.1) is 0 Å². The molecule has 2 nitrogen and oxygen atoms in total. The maximum atomic E-state index is 5.84. The molecule has 108 valence electrons. The highest BCUT2D eigenvalue weighted by atomic mass is 79.9. The van der Waals surface area contributed by atoms with E-state index in [1.807, 2.05) is 6.07 Å². The van der Waals surface area contributed by atoms with Crippen LogP contribution >= 0.6 is 27.3 Å². The Morgan fingerprint density at radius 1 is 1.35 bits per heavy atom. The number of hydrogen-bond donors (Lipinski definition) is 1. The van der Waals surface area contributed by atoms with Gasteiger partial charge in [0.15, 0.2) is 0 Å². The minimum atomic E-state index is 0.358. The van der Waals surface area contributed by atoms with Gasteiger partial charge in [-0.2, -0.15) is 0 Å². The van der Waals surface area contributed by atoms with Gasteiger partial charge in [0, 0.05) is 17.3 Å². The van der Waals surface area contributed by atoms with Gasteiger partial charge >= 0.3 is 0 Å². The normalized spacial score (nSPS) is 12.3. The smallest absolute Gasteiger partial charge is 0.133 e. The van der Waals surface area contributed by atoms with E-state index in [-0.39, 0.29) is 0 Å². The summed E-state index contributed by atoms with van der Waals surface area (Å²) in [6, 6.07) is 10.9. The molecule has 20 heavy (non-hydrogen) atoms. The average Bonchev–Trinajstić information content (AvgIpc) is 2.94. The van der Waals surface area contributed by atoms with Gasteiger partial charge in [-0.15, -0.1) is 11.3 Å². The highest BCUT2D eigenvalue weighted by Gasteiger charge is 2.08.